The standard InChI is InChI=1S/C15H16N2/c1-4-16-13-9-5-7-12-8-6-10-14(15(12)13)17-11(2)3/h4-10H,1-3H3. The maximum Gasteiger partial charge on any atom is 0.0728 e. The molecule has 0 spiro atoms. The van der Waals surface area contributed by atoms with Gasteiger partial charge in [0.15, 0.2) is 0 Å². The van der Waals surface area contributed by atoms with Crippen LogP contribution < -0.4 is 0 Å². The van der Waals surface area contributed by atoms with Crippen LogP contribution in [0.3, 0.4) is 0 Å². The number of benzene rings is 2. The fraction of sp³-hybridized carbons (Fsp3) is 0.200. The van der Waals surface area contributed by atoms with E-state index < -0.39 is 0 Å². The molecule has 0 radical (unpaired) electrons. The Morgan fingerprint density at radius 3 is 2.24 bits per heavy atom. The molecule has 0 saturated heterocycles. The average Bonchev–Trinajstić information content (AvgIpc) is 2.29. The molecular formula is C15H16N2. The second kappa shape index (κ2) is 4.91. The highest BCUT2D eigenvalue weighted by atomic mass is 14.8. The highest BCUT2D eigenvalue weighted by Gasteiger charge is 2.04. The number of aliphatic imine (C=N–C) groups is 2. The fourth-order valence-corrected chi connectivity index (χ4v) is 1.88. The van der Waals surface area contributed by atoms with Gasteiger partial charge in [-0.2, -0.15) is 0 Å². The first-order chi connectivity index (χ1) is 8.22. The average molecular weight is 224 g/mol. The van der Waals surface area contributed by atoms with Gasteiger partial charge < -0.3 is 0 Å². The second-order valence-corrected chi connectivity index (χ2v) is 4.10. The minimum atomic E-state index is 0.977. The summed E-state index contributed by atoms with van der Waals surface area (Å²) < 4.78 is 0. The smallest absolute Gasteiger partial charge is 0.0728 e. The van der Waals surface area contributed by atoms with Gasteiger partial charge in [-0.1, -0.05) is 24.3 Å². The van der Waals surface area contributed by atoms with Crippen LogP contribution in [0.25, 0.3) is 10.8 Å². The maximum atomic E-state index is 4.57. The van der Waals surface area contributed by atoms with Gasteiger partial charge in [0.1, 0.15) is 0 Å². The molecule has 2 nitrogen and oxygen atoms in total. The van der Waals surface area contributed by atoms with E-state index in [-0.39, 0.29) is 0 Å². The van der Waals surface area contributed by atoms with Gasteiger partial charge in [0.25, 0.3) is 0 Å². The molecule has 0 aromatic heterocycles. The zero-order chi connectivity index (χ0) is 12.3. The van der Waals surface area contributed by atoms with Crippen LogP contribution in [-0.4, -0.2) is 11.9 Å². The quantitative estimate of drug-likeness (QED) is 0.662. The summed E-state index contributed by atoms with van der Waals surface area (Å²) in [6.45, 7) is 5.94. The van der Waals surface area contributed by atoms with E-state index in [0.29, 0.717) is 0 Å². The summed E-state index contributed by atoms with van der Waals surface area (Å²) in [4.78, 5) is 8.98. The molecule has 0 unspecified atom stereocenters. The summed E-state index contributed by atoms with van der Waals surface area (Å²) >= 11 is 0. The number of fused-ring (bicyclic) bond motifs is 1. The van der Waals surface area contributed by atoms with Crippen LogP contribution in [0.1, 0.15) is 20.8 Å². The molecule has 0 N–H and O–H groups in total. The van der Waals surface area contributed by atoms with Gasteiger partial charge in [0.05, 0.1) is 11.4 Å². The van der Waals surface area contributed by atoms with Crippen LogP contribution in [0, 0.1) is 0 Å². The normalized spacial score (nSPS) is 11.0. The molecular weight excluding hydrogens is 208 g/mol. The van der Waals surface area contributed by atoms with Crippen molar-refractivity contribution in [3.05, 3.63) is 36.4 Å². The van der Waals surface area contributed by atoms with E-state index in [9.17, 15) is 0 Å². The lowest BCUT2D eigenvalue weighted by atomic mass is 10.1. The van der Waals surface area contributed by atoms with Crippen molar-refractivity contribution in [3.8, 4) is 0 Å². The van der Waals surface area contributed by atoms with E-state index in [0.717, 1.165) is 22.5 Å². The monoisotopic (exact) mass is 224 g/mol. The Hall–Kier alpha value is -1.96. The van der Waals surface area contributed by atoms with Crippen molar-refractivity contribution >= 4 is 34.1 Å². The third-order valence-corrected chi connectivity index (χ3v) is 2.47. The first kappa shape index (κ1) is 11.5. The van der Waals surface area contributed by atoms with Gasteiger partial charge in [0.2, 0.25) is 0 Å². The maximum absolute atomic E-state index is 4.57. The zero-order valence-corrected chi connectivity index (χ0v) is 10.4. The first-order valence-corrected chi connectivity index (χ1v) is 5.74. The summed E-state index contributed by atoms with van der Waals surface area (Å²) in [6, 6.07) is 12.3. The van der Waals surface area contributed by atoms with Crippen molar-refractivity contribution in [1.82, 2.24) is 0 Å². The second-order valence-electron chi connectivity index (χ2n) is 4.10. The third-order valence-electron chi connectivity index (χ3n) is 2.47. The van der Waals surface area contributed by atoms with Crippen molar-refractivity contribution in [2.45, 2.75) is 20.8 Å². The molecule has 2 aromatic rings. The molecule has 0 aliphatic heterocycles. The van der Waals surface area contributed by atoms with Crippen LogP contribution in [0.5, 0.6) is 0 Å². The van der Waals surface area contributed by atoms with Gasteiger partial charge in [-0.3, -0.25) is 9.98 Å². The van der Waals surface area contributed by atoms with Gasteiger partial charge in [0, 0.05) is 17.3 Å². The van der Waals surface area contributed by atoms with E-state index in [1.807, 2.05) is 51.3 Å². The lowest BCUT2D eigenvalue weighted by Gasteiger charge is -2.05. The summed E-state index contributed by atoms with van der Waals surface area (Å²) in [5, 5.41) is 2.30. The third kappa shape index (κ3) is 2.41. The van der Waals surface area contributed by atoms with E-state index in [4.69, 9.17) is 0 Å². The molecule has 86 valence electrons. The van der Waals surface area contributed by atoms with Crippen molar-refractivity contribution in [1.29, 1.82) is 0 Å². The Bertz CT molecular complexity index is 586. The SMILES string of the molecule is CC=Nc1cccc2cccc(N=C(C)C)c12. The molecule has 0 fully saturated rings. The first-order valence-electron chi connectivity index (χ1n) is 5.74. The molecule has 2 heteroatoms. The molecule has 0 aliphatic rings. The van der Waals surface area contributed by atoms with Crippen molar-refractivity contribution in [3.63, 3.8) is 0 Å². The van der Waals surface area contributed by atoms with Crippen LogP contribution in [0.15, 0.2) is 46.4 Å². The van der Waals surface area contributed by atoms with Gasteiger partial charge in [-0.25, -0.2) is 0 Å². The predicted octanol–water partition coefficient (Wildman–Crippen LogP) is 4.67. The Morgan fingerprint density at radius 1 is 1.00 bits per heavy atom. The number of hydrogen-bond donors (Lipinski definition) is 0. The summed E-state index contributed by atoms with van der Waals surface area (Å²) in [5.74, 6) is 0. The largest absolute Gasteiger partial charge is 0.261 e. The predicted molar refractivity (Wildman–Crippen MR) is 76.2 cm³/mol. The molecule has 0 aliphatic carbocycles. The lowest BCUT2D eigenvalue weighted by molar-refractivity contribution is 1.49. The number of hydrogen-bond acceptors (Lipinski definition) is 2. The van der Waals surface area contributed by atoms with Gasteiger partial charge in [-0.15, -0.1) is 0 Å². The molecule has 2 aromatic carbocycles. The minimum Gasteiger partial charge on any atom is -0.261 e. The van der Waals surface area contributed by atoms with Crippen molar-refractivity contribution < 1.29 is 0 Å². The fourth-order valence-electron chi connectivity index (χ4n) is 1.88. The van der Waals surface area contributed by atoms with Crippen LogP contribution in [0.2, 0.25) is 0 Å². The van der Waals surface area contributed by atoms with E-state index in [1.165, 1.54) is 5.39 Å². The highest BCUT2D eigenvalue weighted by Crippen LogP contribution is 2.34. The Labute approximate surface area is 102 Å². The number of nitrogens with zero attached hydrogens (tertiary/aromatic N) is 2. The minimum absolute atomic E-state index is 0.977. The highest BCUT2D eigenvalue weighted by molar-refractivity contribution is 6.03. The van der Waals surface area contributed by atoms with E-state index in [1.54, 1.807) is 0 Å². The summed E-state index contributed by atoms with van der Waals surface area (Å²) in [5.41, 5.74) is 3.02. The molecule has 2 rings (SSSR count). The van der Waals surface area contributed by atoms with Crippen molar-refractivity contribution in [2.75, 3.05) is 0 Å². The van der Waals surface area contributed by atoms with Gasteiger partial charge in [-0.05, 0) is 38.3 Å². The molecule has 0 atom stereocenters. The summed E-state index contributed by atoms with van der Waals surface area (Å²) in [7, 11) is 0. The van der Waals surface area contributed by atoms with Gasteiger partial charge >= 0.3 is 0 Å². The molecule has 0 amide bonds. The molecule has 0 saturated carbocycles. The lowest BCUT2D eigenvalue weighted by Crippen LogP contribution is -1.81. The van der Waals surface area contributed by atoms with E-state index in [2.05, 4.69) is 22.1 Å². The molecule has 17 heavy (non-hydrogen) atoms. The molecule has 0 heterocycles. The van der Waals surface area contributed by atoms with Crippen LogP contribution in [-0.2, 0) is 0 Å². The van der Waals surface area contributed by atoms with Crippen molar-refractivity contribution in [2.24, 2.45) is 9.98 Å². The summed E-state index contributed by atoms with van der Waals surface area (Å²) in [6.07, 6.45) is 1.81. The van der Waals surface area contributed by atoms with Crippen LogP contribution >= 0.6 is 0 Å². The Balaban J connectivity index is 2.80. The molecule has 0 bridgehead atoms. The zero-order valence-electron chi connectivity index (χ0n) is 10.4. The topological polar surface area (TPSA) is 24.7 Å². The Morgan fingerprint density at radius 2 is 1.65 bits per heavy atom. The van der Waals surface area contributed by atoms with Crippen LogP contribution in [0.4, 0.5) is 11.4 Å². The number of rotatable bonds is 2. The Kier molecular flexibility index (Phi) is 3.33. The van der Waals surface area contributed by atoms with E-state index >= 15 is 0 Å².